The molecule has 7 heteroatoms. The lowest BCUT2D eigenvalue weighted by molar-refractivity contribution is -0.128. The Balaban J connectivity index is 1.49. The van der Waals surface area contributed by atoms with Crippen LogP contribution in [-0.2, 0) is 16.0 Å². The second kappa shape index (κ2) is 11.2. The standard InChI is InChI=1S/C27H34N4O3/c1-19(32)30-25(16-21-17-28-24-9-5-4-8-23(21)24)27(33)29-18-26(31-14-6-3-7-15-31)20-10-12-22(34-2)13-11-20/h4-5,8-13,17,25-26,28H,3,6-7,14-16,18H2,1-2H3,(H,29,33)(H,30,32). The Bertz CT molecular complexity index is 1100. The molecule has 4 rings (SSSR count). The second-order valence-electron chi connectivity index (χ2n) is 8.95. The summed E-state index contributed by atoms with van der Waals surface area (Å²) in [6, 6.07) is 15.5. The first-order chi connectivity index (χ1) is 16.5. The van der Waals surface area contributed by atoms with E-state index in [-0.39, 0.29) is 17.9 Å². The zero-order valence-electron chi connectivity index (χ0n) is 20.0. The number of piperidine rings is 1. The number of hydrogen-bond acceptors (Lipinski definition) is 4. The van der Waals surface area contributed by atoms with Crippen molar-refractivity contribution in [3.8, 4) is 5.75 Å². The van der Waals surface area contributed by atoms with Crippen LogP contribution < -0.4 is 15.4 Å². The van der Waals surface area contributed by atoms with E-state index in [9.17, 15) is 9.59 Å². The Kier molecular flexibility index (Phi) is 7.85. The number of nitrogens with zero attached hydrogens (tertiary/aromatic N) is 1. The molecule has 0 saturated carbocycles. The number of fused-ring (bicyclic) bond motifs is 1. The van der Waals surface area contributed by atoms with Crippen LogP contribution in [0, 0.1) is 0 Å². The van der Waals surface area contributed by atoms with Gasteiger partial charge in [-0.2, -0.15) is 0 Å². The number of H-pyrrole nitrogens is 1. The number of aromatic amines is 1. The summed E-state index contributed by atoms with van der Waals surface area (Å²) in [5.41, 5.74) is 3.17. The summed E-state index contributed by atoms with van der Waals surface area (Å²) < 4.78 is 5.32. The van der Waals surface area contributed by atoms with E-state index in [0.717, 1.165) is 53.7 Å². The van der Waals surface area contributed by atoms with Gasteiger partial charge in [-0.25, -0.2) is 0 Å². The third kappa shape index (κ3) is 5.78. The molecule has 1 aliphatic rings. The number of carbonyl (C=O) groups is 2. The molecular formula is C27H34N4O3. The summed E-state index contributed by atoms with van der Waals surface area (Å²) in [7, 11) is 1.66. The summed E-state index contributed by atoms with van der Waals surface area (Å²) in [5, 5.41) is 7.05. The first kappa shape index (κ1) is 23.8. The second-order valence-corrected chi connectivity index (χ2v) is 8.95. The van der Waals surface area contributed by atoms with Gasteiger partial charge in [0, 0.05) is 37.0 Å². The van der Waals surface area contributed by atoms with Gasteiger partial charge in [0.25, 0.3) is 0 Å². The SMILES string of the molecule is COc1ccc(C(CNC(=O)C(Cc2c[nH]c3ccccc23)NC(C)=O)N2CCCCC2)cc1. The fraction of sp³-hybridized carbons (Fsp3) is 0.407. The molecule has 1 aliphatic heterocycles. The number of aromatic nitrogens is 1. The summed E-state index contributed by atoms with van der Waals surface area (Å²) in [4.78, 5) is 30.9. The van der Waals surface area contributed by atoms with E-state index in [1.807, 2.05) is 42.6 Å². The highest BCUT2D eigenvalue weighted by molar-refractivity contribution is 5.89. The largest absolute Gasteiger partial charge is 0.497 e. The normalized spacial score (nSPS) is 16.1. The molecule has 3 aromatic rings. The number of ether oxygens (including phenoxy) is 1. The molecule has 180 valence electrons. The molecule has 34 heavy (non-hydrogen) atoms. The third-order valence-electron chi connectivity index (χ3n) is 6.59. The maximum Gasteiger partial charge on any atom is 0.242 e. The third-order valence-corrected chi connectivity index (χ3v) is 6.59. The van der Waals surface area contributed by atoms with Crippen LogP contribution in [0.5, 0.6) is 5.75 Å². The Hall–Kier alpha value is -3.32. The monoisotopic (exact) mass is 462 g/mol. The Labute approximate surface area is 200 Å². The van der Waals surface area contributed by atoms with Crippen molar-refractivity contribution in [3.63, 3.8) is 0 Å². The van der Waals surface area contributed by atoms with Gasteiger partial charge in [-0.3, -0.25) is 14.5 Å². The molecule has 0 aliphatic carbocycles. The number of benzene rings is 2. The molecule has 2 atom stereocenters. The van der Waals surface area contributed by atoms with Gasteiger partial charge in [0.05, 0.1) is 13.2 Å². The van der Waals surface area contributed by atoms with Crippen LogP contribution in [0.2, 0.25) is 0 Å². The van der Waals surface area contributed by atoms with E-state index < -0.39 is 6.04 Å². The van der Waals surface area contributed by atoms with E-state index in [1.165, 1.54) is 13.3 Å². The van der Waals surface area contributed by atoms with Gasteiger partial charge in [-0.05, 0) is 55.3 Å². The lowest BCUT2D eigenvalue weighted by Gasteiger charge is -2.35. The Morgan fingerprint density at radius 3 is 2.50 bits per heavy atom. The summed E-state index contributed by atoms with van der Waals surface area (Å²) in [5.74, 6) is 0.424. The molecule has 2 amide bonds. The average molecular weight is 463 g/mol. The van der Waals surface area contributed by atoms with Crippen LogP contribution in [0.3, 0.4) is 0 Å². The van der Waals surface area contributed by atoms with Crippen molar-refractivity contribution in [1.29, 1.82) is 0 Å². The van der Waals surface area contributed by atoms with Crippen molar-refractivity contribution in [1.82, 2.24) is 20.5 Å². The number of amides is 2. The highest BCUT2D eigenvalue weighted by Gasteiger charge is 2.26. The number of hydrogen-bond donors (Lipinski definition) is 3. The van der Waals surface area contributed by atoms with Gasteiger partial charge in [0.15, 0.2) is 0 Å². The minimum atomic E-state index is -0.644. The molecule has 1 fully saturated rings. The molecule has 0 bridgehead atoms. The summed E-state index contributed by atoms with van der Waals surface area (Å²) in [6.45, 7) is 3.95. The van der Waals surface area contributed by atoms with E-state index in [2.05, 4.69) is 32.7 Å². The van der Waals surface area contributed by atoms with Crippen molar-refractivity contribution in [2.75, 3.05) is 26.7 Å². The van der Waals surface area contributed by atoms with Crippen LogP contribution in [0.25, 0.3) is 10.9 Å². The quantitative estimate of drug-likeness (QED) is 0.454. The molecule has 7 nitrogen and oxygen atoms in total. The molecule has 0 radical (unpaired) electrons. The highest BCUT2D eigenvalue weighted by Crippen LogP contribution is 2.26. The number of para-hydroxylation sites is 1. The molecule has 3 N–H and O–H groups in total. The van der Waals surface area contributed by atoms with Gasteiger partial charge < -0.3 is 20.4 Å². The number of carbonyl (C=O) groups excluding carboxylic acids is 2. The number of nitrogens with one attached hydrogen (secondary N) is 3. The van der Waals surface area contributed by atoms with Crippen molar-refractivity contribution in [2.45, 2.75) is 44.7 Å². The van der Waals surface area contributed by atoms with Crippen molar-refractivity contribution >= 4 is 22.7 Å². The lowest BCUT2D eigenvalue weighted by Crippen LogP contribution is -2.49. The predicted octanol–water partition coefficient (Wildman–Crippen LogP) is 3.57. The molecular weight excluding hydrogens is 428 g/mol. The molecule has 2 unspecified atom stereocenters. The van der Waals surface area contributed by atoms with Crippen molar-refractivity contribution in [3.05, 3.63) is 65.9 Å². The number of rotatable bonds is 9. The first-order valence-electron chi connectivity index (χ1n) is 12.0. The first-order valence-corrected chi connectivity index (χ1v) is 12.0. The summed E-state index contributed by atoms with van der Waals surface area (Å²) >= 11 is 0. The topological polar surface area (TPSA) is 86.5 Å². The predicted molar refractivity (Wildman–Crippen MR) is 134 cm³/mol. The Morgan fingerprint density at radius 2 is 1.79 bits per heavy atom. The molecule has 2 aromatic carbocycles. The lowest BCUT2D eigenvalue weighted by atomic mass is 10.0. The van der Waals surface area contributed by atoms with Crippen LogP contribution in [0.4, 0.5) is 0 Å². The maximum absolute atomic E-state index is 13.3. The average Bonchev–Trinajstić information content (AvgIpc) is 3.27. The van der Waals surface area contributed by atoms with Crippen LogP contribution in [0.1, 0.15) is 43.4 Å². The Morgan fingerprint density at radius 1 is 1.06 bits per heavy atom. The molecule has 0 spiro atoms. The van der Waals surface area contributed by atoms with Gasteiger partial charge in [0.1, 0.15) is 11.8 Å². The maximum atomic E-state index is 13.3. The van der Waals surface area contributed by atoms with Gasteiger partial charge in [0.2, 0.25) is 11.8 Å². The van der Waals surface area contributed by atoms with E-state index >= 15 is 0 Å². The van der Waals surface area contributed by atoms with Crippen molar-refractivity contribution in [2.24, 2.45) is 0 Å². The van der Waals surface area contributed by atoms with E-state index in [0.29, 0.717) is 13.0 Å². The minimum absolute atomic E-state index is 0.0706. The highest BCUT2D eigenvalue weighted by atomic mass is 16.5. The number of methoxy groups -OCH3 is 1. The fourth-order valence-electron chi connectivity index (χ4n) is 4.81. The molecule has 1 saturated heterocycles. The van der Waals surface area contributed by atoms with Crippen LogP contribution in [-0.4, -0.2) is 54.5 Å². The molecule has 2 heterocycles. The van der Waals surface area contributed by atoms with Gasteiger partial charge in [-0.15, -0.1) is 0 Å². The number of likely N-dealkylation sites (tertiary alicyclic amines) is 1. The fourth-order valence-corrected chi connectivity index (χ4v) is 4.81. The zero-order chi connectivity index (χ0) is 23.9. The molecule has 1 aromatic heterocycles. The van der Waals surface area contributed by atoms with E-state index in [4.69, 9.17) is 4.74 Å². The minimum Gasteiger partial charge on any atom is -0.497 e. The van der Waals surface area contributed by atoms with Crippen molar-refractivity contribution < 1.29 is 14.3 Å². The zero-order valence-corrected chi connectivity index (χ0v) is 20.0. The smallest absolute Gasteiger partial charge is 0.242 e. The summed E-state index contributed by atoms with van der Waals surface area (Å²) in [6.07, 6.45) is 5.91. The van der Waals surface area contributed by atoms with E-state index in [1.54, 1.807) is 7.11 Å². The van der Waals surface area contributed by atoms with Crippen LogP contribution in [0.15, 0.2) is 54.7 Å². The van der Waals surface area contributed by atoms with Gasteiger partial charge in [-0.1, -0.05) is 36.8 Å². The van der Waals surface area contributed by atoms with Crippen LogP contribution >= 0.6 is 0 Å². The van der Waals surface area contributed by atoms with Gasteiger partial charge >= 0.3 is 0 Å².